The van der Waals surface area contributed by atoms with Gasteiger partial charge in [0.2, 0.25) is 5.91 Å². The first-order valence-electron chi connectivity index (χ1n) is 8.20. The quantitative estimate of drug-likeness (QED) is 0.689. The number of rotatable bonds is 4. The molecule has 2 aromatic carbocycles. The lowest BCUT2D eigenvalue weighted by atomic mass is 10.1. The van der Waals surface area contributed by atoms with E-state index in [4.69, 9.17) is 0 Å². The van der Waals surface area contributed by atoms with E-state index < -0.39 is 15.7 Å². The van der Waals surface area contributed by atoms with E-state index in [-0.39, 0.29) is 17.1 Å². The summed E-state index contributed by atoms with van der Waals surface area (Å²) in [6.07, 6.45) is -0.135. The maximum Gasteiger partial charge on any atom is 0.249 e. The molecule has 0 unspecified atom stereocenters. The number of hydrogen-bond donors (Lipinski definition) is 0. The molecule has 0 bridgehead atoms. The van der Waals surface area contributed by atoms with Gasteiger partial charge in [-0.25, -0.2) is 8.42 Å². The van der Waals surface area contributed by atoms with E-state index in [1.54, 1.807) is 18.2 Å². The molecule has 0 aliphatic rings. The predicted molar refractivity (Wildman–Crippen MR) is 104 cm³/mol. The monoisotopic (exact) mass is 388 g/mol. The van der Waals surface area contributed by atoms with Gasteiger partial charge in [0.1, 0.15) is 0 Å². The molecule has 0 N–H and O–H groups in total. The van der Waals surface area contributed by atoms with Crippen molar-refractivity contribution in [2.45, 2.75) is 25.2 Å². The Hall–Kier alpha value is -2.25. The van der Waals surface area contributed by atoms with Crippen LogP contribution in [0.5, 0.6) is 0 Å². The van der Waals surface area contributed by atoms with E-state index in [0.717, 1.165) is 10.2 Å². The molecule has 0 aliphatic carbocycles. The Labute approximate surface area is 156 Å². The van der Waals surface area contributed by atoms with Crippen LogP contribution in [0.15, 0.2) is 52.4 Å². The Balaban J connectivity index is 1.83. The van der Waals surface area contributed by atoms with Crippen molar-refractivity contribution >= 4 is 37.3 Å². The standard InChI is InChI=1S/C19H20N2O3S2/c1-13-11-16-17(12-14(13)2)25-19(21(16)3)20-18(22)9-10-26(23,24)15-7-5-4-6-8-15/h4-8,11-12H,9-10H2,1-3H3. The number of sulfone groups is 1. The van der Waals surface area contributed by atoms with Crippen LogP contribution in [0, 0.1) is 13.8 Å². The molecule has 136 valence electrons. The number of thiazole rings is 1. The van der Waals surface area contributed by atoms with Gasteiger partial charge in [0.05, 0.1) is 20.9 Å². The van der Waals surface area contributed by atoms with E-state index in [9.17, 15) is 13.2 Å². The molecule has 1 amide bonds. The summed E-state index contributed by atoms with van der Waals surface area (Å²) in [4.78, 5) is 17.1. The lowest BCUT2D eigenvalue weighted by molar-refractivity contribution is -0.117. The summed E-state index contributed by atoms with van der Waals surface area (Å²) in [7, 11) is -1.62. The van der Waals surface area contributed by atoms with Crippen LogP contribution < -0.4 is 4.80 Å². The second-order valence-electron chi connectivity index (χ2n) is 6.24. The van der Waals surface area contributed by atoms with Crippen LogP contribution in [0.4, 0.5) is 0 Å². The fourth-order valence-corrected chi connectivity index (χ4v) is 4.98. The summed E-state index contributed by atoms with van der Waals surface area (Å²) in [5.41, 5.74) is 3.38. The third-order valence-electron chi connectivity index (χ3n) is 4.33. The van der Waals surface area contributed by atoms with E-state index in [1.165, 1.54) is 34.6 Å². The third kappa shape index (κ3) is 3.78. The second-order valence-corrected chi connectivity index (χ2v) is 9.35. The number of carbonyl (C=O) groups excluding carboxylic acids is 1. The van der Waals surface area contributed by atoms with Crippen molar-refractivity contribution in [3.05, 3.63) is 58.4 Å². The first-order valence-corrected chi connectivity index (χ1v) is 10.7. The van der Waals surface area contributed by atoms with E-state index >= 15 is 0 Å². The highest BCUT2D eigenvalue weighted by Crippen LogP contribution is 2.21. The van der Waals surface area contributed by atoms with E-state index in [0.29, 0.717) is 4.80 Å². The molecule has 3 aromatic rings. The van der Waals surface area contributed by atoms with Crippen LogP contribution in [-0.4, -0.2) is 24.6 Å². The van der Waals surface area contributed by atoms with Gasteiger partial charge in [0, 0.05) is 13.5 Å². The van der Waals surface area contributed by atoms with Gasteiger partial charge in [-0.15, -0.1) is 0 Å². The average molecular weight is 389 g/mol. The molecule has 1 aromatic heterocycles. The zero-order valence-corrected chi connectivity index (χ0v) is 16.5. The summed E-state index contributed by atoms with van der Waals surface area (Å²) in [5.74, 6) is -0.674. The molecule has 3 rings (SSSR count). The number of amides is 1. The number of benzene rings is 2. The van der Waals surface area contributed by atoms with Crippen LogP contribution in [0.25, 0.3) is 10.2 Å². The summed E-state index contributed by atoms with van der Waals surface area (Å²) >= 11 is 1.43. The predicted octanol–water partition coefficient (Wildman–Crippen LogP) is 3.15. The van der Waals surface area contributed by atoms with Gasteiger partial charge < -0.3 is 4.57 Å². The van der Waals surface area contributed by atoms with Crippen molar-refractivity contribution in [2.24, 2.45) is 12.0 Å². The maximum atomic E-state index is 12.3. The summed E-state index contributed by atoms with van der Waals surface area (Å²) in [6, 6.07) is 12.3. The number of aryl methyl sites for hydroxylation is 3. The van der Waals surface area contributed by atoms with Gasteiger partial charge in [-0.05, 0) is 49.2 Å². The number of nitrogens with zero attached hydrogens (tertiary/aromatic N) is 2. The number of fused-ring (bicyclic) bond motifs is 1. The first kappa shape index (κ1) is 18.5. The van der Waals surface area contributed by atoms with E-state index in [1.807, 2.05) is 25.5 Å². The maximum absolute atomic E-state index is 12.3. The van der Waals surface area contributed by atoms with Crippen LogP contribution in [0.2, 0.25) is 0 Å². The molecule has 7 heteroatoms. The zero-order valence-electron chi connectivity index (χ0n) is 14.9. The van der Waals surface area contributed by atoms with E-state index in [2.05, 4.69) is 17.1 Å². The molecule has 1 heterocycles. The molecular weight excluding hydrogens is 368 g/mol. The van der Waals surface area contributed by atoms with Crippen molar-refractivity contribution in [1.29, 1.82) is 0 Å². The first-order chi connectivity index (χ1) is 12.3. The van der Waals surface area contributed by atoms with Crippen molar-refractivity contribution in [3.63, 3.8) is 0 Å². The van der Waals surface area contributed by atoms with Crippen LogP contribution in [0.1, 0.15) is 17.5 Å². The Kier molecular flexibility index (Phi) is 5.11. The normalized spacial score (nSPS) is 12.7. The Morgan fingerprint density at radius 1 is 1.12 bits per heavy atom. The highest BCUT2D eigenvalue weighted by atomic mass is 32.2. The van der Waals surface area contributed by atoms with Gasteiger partial charge >= 0.3 is 0 Å². The van der Waals surface area contributed by atoms with Gasteiger partial charge in [0.15, 0.2) is 14.6 Å². The topological polar surface area (TPSA) is 68.5 Å². The molecule has 0 saturated heterocycles. The van der Waals surface area contributed by atoms with Crippen molar-refractivity contribution in [1.82, 2.24) is 4.57 Å². The largest absolute Gasteiger partial charge is 0.319 e. The minimum Gasteiger partial charge on any atom is -0.319 e. The van der Waals surface area contributed by atoms with Crippen molar-refractivity contribution in [3.8, 4) is 0 Å². The lowest BCUT2D eigenvalue weighted by Crippen LogP contribution is -2.15. The number of hydrogen-bond acceptors (Lipinski definition) is 4. The summed E-state index contributed by atoms with van der Waals surface area (Å²) in [6.45, 7) is 4.09. The van der Waals surface area contributed by atoms with Gasteiger partial charge in [-0.2, -0.15) is 4.99 Å². The van der Waals surface area contributed by atoms with Gasteiger partial charge in [-0.1, -0.05) is 29.5 Å². The van der Waals surface area contributed by atoms with Gasteiger partial charge in [0.25, 0.3) is 0 Å². The molecule has 0 aliphatic heterocycles. The van der Waals surface area contributed by atoms with Crippen LogP contribution in [-0.2, 0) is 21.7 Å². The highest BCUT2D eigenvalue weighted by Gasteiger charge is 2.16. The van der Waals surface area contributed by atoms with Crippen LogP contribution >= 0.6 is 11.3 Å². The molecule has 0 saturated carbocycles. The third-order valence-corrected chi connectivity index (χ3v) is 7.16. The van der Waals surface area contributed by atoms with Crippen LogP contribution in [0.3, 0.4) is 0 Å². The molecule has 0 spiro atoms. The number of carbonyl (C=O) groups is 1. The zero-order chi connectivity index (χ0) is 18.9. The molecule has 0 fully saturated rings. The van der Waals surface area contributed by atoms with Gasteiger partial charge in [-0.3, -0.25) is 4.79 Å². The average Bonchev–Trinajstić information content (AvgIpc) is 2.90. The fourth-order valence-electron chi connectivity index (χ4n) is 2.62. The second kappa shape index (κ2) is 7.17. The molecule has 26 heavy (non-hydrogen) atoms. The van der Waals surface area contributed by atoms with Crippen molar-refractivity contribution in [2.75, 3.05) is 5.75 Å². The Bertz CT molecular complexity index is 1140. The Morgan fingerprint density at radius 3 is 2.46 bits per heavy atom. The molecule has 0 radical (unpaired) electrons. The smallest absolute Gasteiger partial charge is 0.249 e. The lowest BCUT2D eigenvalue weighted by Gasteiger charge is -2.02. The molecular formula is C19H20N2O3S2. The highest BCUT2D eigenvalue weighted by molar-refractivity contribution is 7.91. The SMILES string of the molecule is Cc1cc2sc(=NC(=O)CCS(=O)(=O)c3ccccc3)n(C)c2cc1C. The summed E-state index contributed by atoms with van der Waals surface area (Å²) < 4.78 is 27.5. The molecule has 0 atom stereocenters. The minimum absolute atomic E-state index is 0.135. The fraction of sp³-hybridized carbons (Fsp3) is 0.263. The number of aromatic nitrogens is 1. The Morgan fingerprint density at radius 2 is 1.77 bits per heavy atom. The van der Waals surface area contributed by atoms with Crippen molar-refractivity contribution < 1.29 is 13.2 Å². The molecule has 5 nitrogen and oxygen atoms in total. The summed E-state index contributed by atoms with van der Waals surface area (Å²) in [5, 5.41) is 0. The minimum atomic E-state index is -3.48.